The summed E-state index contributed by atoms with van der Waals surface area (Å²) in [6.45, 7) is 1.79. The Hall–Kier alpha value is -2.74. The van der Waals surface area contributed by atoms with Crippen molar-refractivity contribution in [3.63, 3.8) is 0 Å². The van der Waals surface area contributed by atoms with Crippen molar-refractivity contribution in [1.82, 2.24) is 9.88 Å². The normalized spacial score (nSPS) is 19.4. The molecule has 3 heterocycles. The fraction of sp³-hybridized carbons (Fsp3) is 0.429. The topological polar surface area (TPSA) is 82.6 Å². The molecule has 4 rings (SSSR count). The van der Waals surface area contributed by atoms with Gasteiger partial charge in [0.05, 0.1) is 18.0 Å². The summed E-state index contributed by atoms with van der Waals surface area (Å²) in [6, 6.07) is 9.37. The van der Waals surface area contributed by atoms with Gasteiger partial charge in [-0.05, 0) is 31.4 Å². The van der Waals surface area contributed by atoms with Crippen LogP contribution in [0.25, 0.3) is 0 Å². The molecule has 2 fully saturated rings. The van der Waals surface area contributed by atoms with Crippen LogP contribution in [0, 0.1) is 5.92 Å². The van der Waals surface area contributed by atoms with E-state index in [0.29, 0.717) is 36.9 Å². The highest BCUT2D eigenvalue weighted by atomic mass is 32.1. The molecule has 7 nitrogen and oxygen atoms in total. The zero-order valence-corrected chi connectivity index (χ0v) is 17.0. The molecule has 1 aromatic carbocycles. The molecule has 29 heavy (non-hydrogen) atoms. The number of nitrogens with zero attached hydrogens (tertiary/aromatic N) is 3. The van der Waals surface area contributed by atoms with Gasteiger partial charge >= 0.3 is 0 Å². The summed E-state index contributed by atoms with van der Waals surface area (Å²) in [5.74, 6) is -0.175. The van der Waals surface area contributed by atoms with Crippen molar-refractivity contribution >= 4 is 39.9 Å². The van der Waals surface area contributed by atoms with Gasteiger partial charge in [-0.25, -0.2) is 4.98 Å². The van der Waals surface area contributed by atoms with Crippen molar-refractivity contribution in [2.75, 3.05) is 29.9 Å². The molecule has 2 aliphatic heterocycles. The minimum Gasteiger partial charge on any atom is -0.342 e. The van der Waals surface area contributed by atoms with E-state index < -0.39 is 0 Å². The van der Waals surface area contributed by atoms with Gasteiger partial charge in [-0.3, -0.25) is 19.3 Å². The smallest absolute Gasteiger partial charge is 0.229 e. The number of carbonyl (C=O) groups excluding carboxylic acids is 3. The van der Waals surface area contributed by atoms with Gasteiger partial charge in [-0.15, -0.1) is 11.3 Å². The number of carbonyl (C=O) groups is 3. The number of hydrogen-bond donors (Lipinski definition) is 1. The van der Waals surface area contributed by atoms with E-state index >= 15 is 0 Å². The molecule has 0 aliphatic carbocycles. The van der Waals surface area contributed by atoms with E-state index in [-0.39, 0.29) is 30.1 Å². The molecule has 0 saturated carbocycles. The summed E-state index contributed by atoms with van der Waals surface area (Å²) in [6.07, 6.45) is 3.20. The number of hydrogen-bond acceptors (Lipinski definition) is 5. The average molecular weight is 413 g/mol. The lowest BCUT2D eigenvalue weighted by atomic mass is 9.96. The van der Waals surface area contributed by atoms with Crippen LogP contribution in [0.3, 0.4) is 0 Å². The second-order valence-corrected chi connectivity index (χ2v) is 8.32. The molecule has 0 unspecified atom stereocenters. The van der Waals surface area contributed by atoms with E-state index in [0.717, 1.165) is 24.9 Å². The van der Waals surface area contributed by atoms with Crippen molar-refractivity contribution in [3.8, 4) is 0 Å². The fourth-order valence-corrected chi connectivity index (χ4v) is 4.67. The van der Waals surface area contributed by atoms with Crippen LogP contribution in [0.4, 0.5) is 10.8 Å². The van der Waals surface area contributed by atoms with E-state index in [1.807, 2.05) is 35.7 Å². The van der Waals surface area contributed by atoms with Gasteiger partial charge in [0.1, 0.15) is 0 Å². The van der Waals surface area contributed by atoms with Crippen LogP contribution >= 0.6 is 11.3 Å². The average Bonchev–Trinajstić information content (AvgIpc) is 3.37. The molecule has 0 radical (unpaired) electrons. The number of nitrogens with one attached hydrogen (secondary N) is 1. The maximum absolute atomic E-state index is 12.8. The summed E-state index contributed by atoms with van der Waals surface area (Å²) in [5.41, 5.74) is 1.46. The Morgan fingerprint density at radius 3 is 2.76 bits per heavy atom. The lowest BCUT2D eigenvalue weighted by Gasteiger charge is -2.32. The number of anilines is 2. The number of aromatic nitrogens is 1. The van der Waals surface area contributed by atoms with Crippen molar-refractivity contribution < 1.29 is 14.4 Å². The fourth-order valence-electron chi connectivity index (χ4n) is 3.80. The van der Waals surface area contributed by atoms with Crippen molar-refractivity contribution in [2.45, 2.75) is 32.1 Å². The summed E-state index contributed by atoms with van der Waals surface area (Å²) < 4.78 is 0. The molecular formula is C21H24N4O3S. The highest BCUT2D eigenvalue weighted by molar-refractivity contribution is 7.14. The number of piperidine rings is 1. The van der Waals surface area contributed by atoms with Gasteiger partial charge in [0.15, 0.2) is 5.13 Å². The Labute approximate surface area is 173 Å². The van der Waals surface area contributed by atoms with Crippen LogP contribution in [0.15, 0.2) is 35.7 Å². The van der Waals surface area contributed by atoms with Gasteiger partial charge in [-0.1, -0.05) is 18.2 Å². The second-order valence-electron chi connectivity index (χ2n) is 7.48. The second kappa shape index (κ2) is 8.73. The predicted octanol–water partition coefficient (Wildman–Crippen LogP) is 2.69. The number of amides is 3. The molecule has 1 aromatic heterocycles. The third-order valence-electron chi connectivity index (χ3n) is 5.36. The quantitative estimate of drug-likeness (QED) is 0.819. The lowest BCUT2D eigenvalue weighted by molar-refractivity contribution is -0.134. The van der Waals surface area contributed by atoms with Crippen LogP contribution in [0.1, 0.15) is 31.4 Å². The largest absolute Gasteiger partial charge is 0.342 e. The highest BCUT2D eigenvalue weighted by Gasteiger charge is 2.29. The van der Waals surface area contributed by atoms with Gasteiger partial charge in [-0.2, -0.15) is 0 Å². The van der Waals surface area contributed by atoms with Crippen LogP contribution in [-0.4, -0.2) is 47.2 Å². The maximum Gasteiger partial charge on any atom is 0.229 e. The standard InChI is InChI=1S/C21H24N4O3S/c26-18-9-5-11-25(18)21-23-17(14-29-21)12-19(27)24-10-4-6-15(13-24)20(28)22-16-7-2-1-3-8-16/h1-3,7-8,14-15H,4-6,9-13H2,(H,22,28)/t15-/m1/s1. The monoisotopic (exact) mass is 412 g/mol. The molecule has 2 aromatic rings. The van der Waals surface area contributed by atoms with Gasteiger partial charge < -0.3 is 10.2 Å². The minimum absolute atomic E-state index is 0.0215. The number of likely N-dealkylation sites (tertiary alicyclic amines) is 1. The Morgan fingerprint density at radius 2 is 2.00 bits per heavy atom. The SMILES string of the molecule is O=C(Nc1ccccc1)[C@@H]1CCCN(C(=O)Cc2csc(N3CCCC3=O)n2)C1. The first-order chi connectivity index (χ1) is 14.1. The van der Waals surface area contributed by atoms with Crippen LogP contribution in [0.5, 0.6) is 0 Å². The number of benzene rings is 1. The van der Waals surface area contributed by atoms with E-state index in [1.54, 1.807) is 9.80 Å². The summed E-state index contributed by atoms with van der Waals surface area (Å²) in [7, 11) is 0. The molecule has 1 atom stereocenters. The van der Waals surface area contributed by atoms with Crippen LogP contribution in [0.2, 0.25) is 0 Å². The van der Waals surface area contributed by atoms with Gasteiger partial charge in [0.2, 0.25) is 17.7 Å². The van der Waals surface area contributed by atoms with Crippen molar-refractivity contribution in [3.05, 3.63) is 41.4 Å². The molecule has 8 heteroatoms. The Kier molecular flexibility index (Phi) is 5.89. The summed E-state index contributed by atoms with van der Waals surface area (Å²) in [4.78, 5) is 45.2. The third-order valence-corrected chi connectivity index (χ3v) is 6.27. The number of para-hydroxylation sites is 1. The van der Waals surface area contributed by atoms with Gasteiger partial charge in [0, 0.05) is 37.1 Å². The summed E-state index contributed by atoms with van der Waals surface area (Å²) >= 11 is 1.41. The zero-order valence-electron chi connectivity index (χ0n) is 16.2. The highest BCUT2D eigenvalue weighted by Crippen LogP contribution is 2.26. The molecule has 0 spiro atoms. The van der Waals surface area contributed by atoms with E-state index in [1.165, 1.54) is 11.3 Å². The van der Waals surface area contributed by atoms with E-state index in [4.69, 9.17) is 0 Å². The van der Waals surface area contributed by atoms with Crippen LogP contribution in [-0.2, 0) is 20.8 Å². The molecule has 152 valence electrons. The molecular weight excluding hydrogens is 388 g/mol. The van der Waals surface area contributed by atoms with Crippen LogP contribution < -0.4 is 10.2 Å². The molecule has 1 N–H and O–H groups in total. The number of rotatable bonds is 5. The molecule has 2 aliphatic rings. The van der Waals surface area contributed by atoms with E-state index in [9.17, 15) is 14.4 Å². The lowest BCUT2D eigenvalue weighted by Crippen LogP contribution is -2.44. The molecule has 3 amide bonds. The first kappa shape index (κ1) is 19.6. The predicted molar refractivity (Wildman–Crippen MR) is 112 cm³/mol. The van der Waals surface area contributed by atoms with Crippen molar-refractivity contribution in [1.29, 1.82) is 0 Å². The first-order valence-corrected chi connectivity index (χ1v) is 10.9. The van der Waals surface area contributed by atoms with Crippen molar-refractivity contribution in [2.24, 2.45) is 5.92 Å². The summed E-state index contributed by atoms with van der Waals surface area (Å²) in [5, 5.41) is 5.46. The maximum atomic E-state index is 12.8. The molecule has 0 bridgehead atoms. The number of thiazole rings is 1. The zero-order chi connectivity index (χ0) is 20.2. The Bertz CT molecular complexity index is 898. The first-order valence-electron chi connectivity index (χ1n) is 9.98. The van der Waals surface area contributed by atoms with Gasteiger partial charge in [0.25, 0.3) is 0 Å². The van der Waals surface area contributed by atoms with E-state index in [2.05, 4.69) is 10.3 Å². The third kappa shape index (κ3) is 4.64. The minimum atomic E-state index is -0.207. The molecule has 2 saturated heterocycles. The Morgan fingerprint density at radius 1 is 1.17 bits per heavy atom. The Balaban J connectivity index is 1.33.